The third-order valence-corrected chi connectivity index (χ3v) is 5.27. The summed E-state index contributed by atoms with van der Waals surface area (Å²) in [6, 6.07) is 10.2. The van der Waals surface area contributed by atoms with E-state index in [9.17, 15) is 8.42 Å². The quantitative estimate of drug-likeness (QED) is 0.694. The minimum Gasteiger partial charge on any atom is -0.377 e. The van der Waals surface area contributed by atoms with Gasteiger partial charge in [0.05, 0.1) is 12.9 Å². The predicted octanol–water partition coefficient (Wildman–Crippen LogP) is 2.80. The van der Waals surface area contributed by atoms with Crippen LogP contribution in [0.4, 0.5) is 0 Å². The highest BCUT2D eigenvalue weighted by Gasteiger charge is 2.28. The summed E-state index contributed by atoms with van der Waals surface area (Å²) in [5.41, 5.74) is 1.15. The molecule has 21 heavy (non-hydrogen) atoms. The van der Waals surface area contributed by atoms with Gasteiger partial charge in [-0.1, -0.05) is 43.2 Å². The van der Waals surface area contributed by atoms with Crippen LogP contribution in [0.1, 0.15) is 37.7 Å². The van der Waals surface area contributed by atoms with E-state index in [2.05, 4.69) is 0 Å². The molecule has 0 saturated heterocycles. The van der Waals surface area contributed by atoms with Gasteiger partial charge in [-0.3, -0.25) is 0 Å². The van der Waals surface area contributed by atoms with Crippen LogP contribution in [-0.2, 0) is 21.4 Å². The largest absolute Gasteiger partial charge is 0.377 e. The summed E-state index contributed by atoms with van der Waals surface area (Å²) < 4.78 is 31.1. The number of benzene rings is 1. The molecule has 0 aliphatic heterocycles. The highest BCUT2D eigenvalue weighted by molar-refractivity contribution is 7.88. The van der Waals surface area contributed by atoms with Crippen molar-refractivity contribution in [1.29, 1.82) is 0 Å². The molecule has 0 amide bonds. The molecular weight excluding hydrogens is 286 g/mol. The molecule has 1 aromatic carbocycles. The molecule has 0 unspecified atom stereocenters. The van der Waals surface area contributed by atoms with Crippen LogP contribution in [0, 0.1) is 0 Å². The zero-order chi connectivity index (χ0) is 15.1. The third kappa shape index (κ3) is 5.41. The third-order valence-electron chi connectivity index (χ3n) is 3.94. The number of hydrogen-bond acceptors (Lipinski definition) is 3. The van der Waals surface area contributed by atoms with E-state index in [1.807, 2.05) is 30.3 Å². The Morgan fingerprint density at radius 1 is 1.19 bits per heavy atom. The van der Waals surface area contributed by atoms with Gasteiger partial charge in [-0.05, 0) is 24.8 Å². The van der Waals surface area contributed by atoms with Crippen LogP contribution in [0.2, 0.25) is 0 Å². The maximum Gasteiger partial charge on any atom is 0.211 e. The molecular formula is C16H25NO3S. The van der Waals surface area contributed by atoms with Gasteiger partial charge in [0.25, 0.3) is 0 Å². The predicted molar refractivity (Wildman–Crippen MR) is 84.5 cm³/mol. The van der Waals surface area contributed by atoms with Crippen LogP contribution in [0.5, 0.6) is 0 Å². The Morgan fingerprint density at radius 2 is 1.86 bits per heavy atom. The van der Waals surface area contributed by atoms with Gasteiger partial charge < -0.3 is 4.74 Å². The normalized spacial score (nSPS) is 16.7. The van der Waals surface area contributed by atoms with Gasteiger partial charge in [-0.25, -0.2) is 8.42 Å². The lowest BCUT2D eigenvalue weighted by atomic mass is 10.2. The van der Waals surface area contributed by atoms with Gasteiger partial charge in [0.1, 0.15) is 0 Å². The first-order valence-electron chi connectivity index (χ1n) is 7.66. The van der Waals surface area contributed by atoms with E-state index in [-0.39, 0.29) is 6.04 Å². The first-order chi connectivity index (χ1) is 10.1. The molecule has 1 fully saturated rings. The monoisotopic (exact) mass is 311 g/mol. The first-order valence-corrected chi connectivity index (χ1v) is 9.50. The van der Waals surface area contributed by atoms with Crippen molar-refractivity contribution >= 4 is 10.0 Å². The van der Waals surface area contributed by atoms with Crippen LogP contribution in [0.15, 0.2) is 30.3 Å². The van der Waals surface area contributed by atoms with E-state index in [0.29, 0.717) is 19.8 Å². The Hall–Kier alpha value is -0.910. The molecule has 5 heteroatoms. The lowest BCUT2D eigenvalue weighted by Crippen LogP contribution is -2.39. The van der Waals surface area contributed by atoms with Crippen molar-refractivity contribution in [3.63, 3.8) is 0 Å². The highest BCUT2D eigenvalue weighted by atomic mass is 32.2. The van der Waals surface area contributed by atoms with Gasteiger partial charge >= 0.3 is 0 Å². The number of rotatable bonds is 8. The molecule has 1 saturated carbocycles. The second-order valence-electron chi connectivity index (χ2n) is 5.70. The summed E-state index contributed by atoms with van der Waals surface area (Å²) in [5.74, 6) is 0. The minimum absolute atomic E-state index is 0.203. The van der Waals surface area contributed by atoms with Crippen LogP contribution in [0.25, 0.3) is 0 Å². The maximum absolute atomic E-state index is 11.9. The number of nitrogens with zero attached hydrogens (tertiary/aromatic N) is 1. The number of ether oxygens (including phenoxy) is 1. The summed E-state index contributed by atoms with van der Waals surface area (Å²) in [5, 5.41) is 0. The fourth-order valence-corrected chi connectivity index (χ4v) is 4.11. The summed E-state index contributed by atoms with van der Waals surface area (Å²) in [4.78, 5) is 0. The highest BCUT2D eigenvalue weighted by Crippen LogP contribution is 2.25. The van der Waals surface area contributed by atoms with E-state index >= 15 is 0 Å². The Bertz CT molecular complexity index is 510. The van der Waals surface area contributed by atoms with Gasteiger partial charge in [-0.2, -0.15) is 4.31 Å². The van der Waals surface area contributed by atoms with Gasteiger partial charge in [0.15, 0.2) is 0 Å². The topological polar surface area (TPSA) is 46.6 Å². The first kappa shape index (κ1) is 16.5. The van der Waals surface area contributed by atoms with E-state index in [1.165, 1.54) is 6.26 Å². The summed E-state index contributed by atoms with van der Waals surface area (Å²) >= 11 is 0. The SMILES string of the molecule is CS(=O)(=O)N(CCCOCc1ccccc1)C1CCCC1. The molecule has 0 atom stereocenters. The molecule has 0 heterocycles. The van der Waals surface area contributed by atoms with Crippen LogP contribution in [0.3, 0.4) is 0 Å². The van der Waals surface area contributed by atoms with Crippen LogP contribution >= 0.6 is 0 Å². The fraction of sp³-hybridized carbons (Fsp3) is 0.625. The van der Waals surface area contributed by atoms with E-state index < -0.39 is 10.0 Å². The molecule has 118 valence electrons. The van der Waals surface area contributed by atoms with Crippen molar-refractivity contribution in [2.75, 3.05) is 19.4 Å². The zero-order valence-electron chi connectivity index (χ0n) is 12.7. The fourth-order valence-electron chi connectivity index (χ4n) is 2.90. The molecule has 1 aliphatic carbocycles. The van der Waals surface area contributed by atoms with Crippen molar-refractivity contribution < 1.29 is 13.2 Å². The zero-order valence-corrected chi connectivity index (χ0v) is 13.5. The van der Waals surface area contributed by atoms with Crippen molar-refractivity contribution in [2.45, 2.75) is 44.8 Å². The van der Waals surface area contributed by atoms with Crippen molar-refractivity contribution in [1.82, 2.24) is 4.31 Å². The van der Waals surface area contributed by atoms with Gasteiger partial charge in [0.2, 0.25) is 10.0 Å². The molecule has 2 rings (SSSR count). The Labute approximate surface area is 128 Å². The molecule has 1 aromatic rings. The molecule has 0 spiro atoms. The van der Waals surface area contributed by atoms with Crippen molar-refractivity contribution in [3.05, 3.63) is 35.9 Å². The average molecular weight is 311 g/mol. The summed E-state index contributed by atoms with van der Waals surface area (Å²) in [6.07, 6.45) is 6.34. The van der Waals surface area contributed by atoms with Gasteiger partial charge in [0, 0.05) is 19.2 Å². The molecule has 0 bridgehead atoms. The smallest absolute Gasteiger partial charge is 0.211 e. The standard InChI is InChI=1S/C16H25NO3S/c1-21(18,19)17(16-10-5-6-11-16)12-7-13-20-14-15-8-3-2-4-9-15/h2-4,8-9,16H,5-7,10-14H2,1H3. The molecule has 1 aliphatic rings. The average Bonchev–Trinajstić information content (AvgIpc) is 2.96. The lowest BCUT2D eigenvalue weighted by Gasteiger charge is -2.26. The minimum atomic E-state index is -3.11. The van der Waals surface area contributed by atoms with E-state index in [4.69, 9.17) is 4.74 Å². The van der Waals surface area contributed by atoms with E-state index in [0.717, 1.165) is 37.7 Å². The number of hydrogen-bond donors (Lipinski definition) is 0. The summed E-state index contributed by atoms with van der Waals surface area (Å²) in [6.45, 7) is 1.75. The van der Waals surface area contributed by atoms with Crippen LogP contribution in [-0.4, -0.2) is 38.2 Å². The Balaban J connectivity index is 1.72. The molecule has 0 N–H and O–H groups in total. The second-order valence-corrected chi connectivity index (χ2v) is 7.64. The van der Waals surface area contributed by atoms with Crippen molar-refractivity contribution in [2.24, 2.45) is 0 Å². The Kier molecular flexibility index (Phi) is 6.21. The van der Waals surface area contributed by atoms with Crippen molar-refractivity contribution in [3.8, 4) is 0 Å². The maximum atomic E-state index is 11.9. The van der Waals surface area contributed by atoms with Gasteiger partial charge in [-0.15, -0.1) is 0 Å². The van der Waals surface area contributed by atoms with E-state index in [1.54, 1.807) is 4.31 Å². The molecule has 0 radical (unpaired) electrons. The molecule has 0 aromatic heterocycles. The van der Waals surface area contributed by atoms with Crippen LogP contribution < -0.4 is 0 Å². The molecule has 4 nitrogen and oxygen atoms in total. The summed E-state index contributed by atoms with van der Waals surface area (Å²) in [7, 11) is -3.11. The number of sulfonamides is 1. The Morgan fingerprint density at radius 3 is 2.48 bits per heavy atom. The second kappa shape index (κ2) is 7.92. The lowest BCUT2D eigenvalue weighted by molar-refractivity contribution is 0.112.